The molecule has 0 bridgehead atoms. The van der Waals surface area contributed by atoms with Crippen molar-refractivity contribution in [2.24, 2.45) is 0 Å². The fourth-order valence-electron chi connectivity index (χ4n) is 4.92. The van der Waals surface area contributed by atoms with Gasteiger partial charge in [-0.2, -0.15) is 0 Å². The molecule has 0 atom stereocenters. The predicted octanol–water partition coefficient (Wildman–Crippen LogP) is 5.39. The number of amides is 1. The van der Waals surface area contributed by atoms with Crippen LogP contribution in [0.3, 0.4) is 0 Å². The van der Waals surface area contributed by atoms with Crippen LogP contribution in [0.4, 0.5) is 23.0 Å². The number of carbonyl (C=O) groups excluding carboxylic acids is 1. The Morgan fingerprint density at radius 2 is 2.00 bits per heavy atom. The number of nitrogens with one attached hydrogen (secondary N) is 2. The van der Waals surface area contributed by atoms with Crippen molar-refractivity contribution >= 4 is 56.0 Å². The van der Waals surface area contributed by atoms with Gasteiger partial charge in [0.15, 0.2) is 0 Å². The van der Waals surface area contributed by atoms with Crippen molar-refractivity contribution in [3.63, 3.8) is 0 Å². The molecule has 38 heavy (non-hydrogen) atoms. The van der Waals surface area contributed by atoms with E-state index in [1.54, 1.807) is 18.4 Å². The largest absolute Gasteiger partial charge is 0.494 e. The van der Waals surface area contributed by atoms with E-state index in [9.17, 15) is 4.79 Å². The highest BCUT2D eigenvalue weighted by atomic mass is 32.1. The second kappa shape index (κ2) is 10.3. The molecule has 9 heteroatoms. The summed E-state index contributed by atoms with van der Waals surface area (Å²) < 4.78 is 12.3. The second-order valence-electron chi connectivity index (χ2n) is 9.00. The minimum absolute atomic E-state index is 0.291. The van der Waals surface area contributed by atoms with Gasteiger partial charge in [-0.05, 0) is 41.1 Å². The number of carbonyl (C=O) groups is 1. The number of morpholine rings is 1. The molecule has 2 aliphatic rings. The lowest BCUT2D eigenvalue weighted by molar-refractivity contribution is -0.111. The summed E-state index contributed by atoms with van der Waals surface area (Å²) in [6.07, 6.45) is 4.37. The van der Waals surface area contributed by atoms with E-state index in [4.69, 9.17) is 19.4 Å². The molecule has 2 aromatic carbocycles. The molecular formula is C29H27N5O3S. The zero-order valence-electron chi connectivity index (χ0n) is 21.0. The number of benzene rings is 2. The van der Waals surface area contributed by atoms with Crippen LogP contribution in [-0.4, -0.2) is 49.3 Å². The van der Waals surface area contributed by atoms with Crippen LogP contribution >= 0.6 is 11.3 Å². The summed E-state index contributed by atoms with van der Waals surface area (Å²) in [5.74, 6) is 0.777. The van der Waals surface area contributed by atoms with Crippen LogP contribution in [0.2, 0.25) is 0 Å². The third kappa shape index (κ3) is 4.51. The Morgan fingerprint density at radius 3 is 2.82 bits per heavy atom. The molecule has 4 aromatic rings. The molecular weight excluding hydrogens is 498 g/mol. The second-order valence-corrected chi connectivity index (χ2v) is 9.91. The summed E-state index contributed by atoms with van der Waals surface area (Å²) in [6.45, 7) is 6.26. The highest BCUT2D eigenvalue weighted by molar-refractivity contribution is 7.17. The Bertz CT molecular complexity index is 1570. The number of rotatable bonds is 7. The number of allylic oxidation sites excluding steroid dienone is 1. The van der Waals surface area contributed by atoms with E-state index < -0.39 is 0 Å². The molecule has 2 N–H and O–H groups in total. The minimum Gasteiger partial charge on any atom is -0.494 e. The fraction of sp³-hybridized carbons (Fsp3) is 0.207. The first-order valence-corrected chi connectivity index (χ1v) is 13.3. The number of fused-ring (bicyclic) bond motifs is 2. The van der Waals surface area contributed by atoms with Crippen LogP contribution in [0.1, 0.15) is 16.8 Å². The summed E-state index contributed by atoms with van der Waals surface area (Å²) in [5, 5.41) is 8.35. The first-order valence-electron chi connectivity index (χ1n) is 12.4. The van der Waals surface area contributed by atoms with E-state index in [1.807, 2.05) is 23.6 Å². The van der Waals surface area contributed by atoms with Crippen molar-refractivity contribution in [2.75, 3.05) is 48.9 Å². The molecule has 0 radical (unpaired) electrons. The van der Waals surface area contributed by atoms with Crippen LogP contribution in [0.5, 0.6) is 5.75 Å². The molecule has 2 aromatic heterocycles. The zero-order valence-corrected chi connectivity index (χ0v) is 21.8. The molecule has 192 valence electrons. The Hall–Kier alpha value is -4.21. The maximum Gasteiger partial charge on any atom is 0.247 e. The summed E-state index contributed by atoms with van der Waals surface area (Å²) in [7, 11) is 1.63. The van der Waals surface area contributed by atoms with Crippen LogP contribution in [0.15, 0.2) is 66.6 Å². The van der Waals surface area contributed by atoms with Gasteiger partial charge in [0, 0.05) is 24.7 Å². The Balaban J connectivity index is 1.42. The average Bonchev–Trinajstić information content (AvgIpc) is 3.60. The number of thiophene rings is 1. The van der Waals surface area contributed by atoms with Crippen molar-refractivity contribution in [1.82, 2.24) is 9.97 Å². The van der Waals surface area contributed by atoms with Gasteiger partial charge in [0.1, 0.15) is 5.75 Å². The lowest BCUT2D eigenvalue weighted by Gasteiger charge is -2.31. The van der Waals surface area contributed by atoms with Gasteiger partial charge in [0.25, 0.3) is 0 Å². The lowest BCUT2D eigenvalue weighted by Crippen LogP contribution is -2.36. The van der Waals surface area contributed by atoms with Gasteiger partial charge in [0.2, 0.25) is 11.9 Å². The molecule has 0 unspecified atom stereocenters. The molecule has 6 rings (SSSR count). The van der Waals surface area contributed by atoms with Crippen LogP contribution in [0, 0.1) is 0 Å². The molecule has 1 aliphatic heterocycles. The number of hydrogen-bond donors (Lipinski definition) is 2. The van der Waals surface area contributed by atoms with E-state index in [-0.39, 0.29) is 5.91 Å². The van der Waals surface area contributed by atoms with Gasteiger partial charge in [-0.15, -0.1) is 11.3 Å². The zero-order chi connectivity index (χ0) is 26.1. The molecule has 8 nitrogen and oxygen atoms in total. The topological polar surface area (TPSA) is 88.6 Å². The minimum atomic E-state index is -0.291. The fourth-order valence-corrected chi connectivity index (χ4v) is 5.75. The Kier molecular flexibility index (Phi) is 6.53. The van der Waals surface area contributed by atoms with Gasteiger partial charge in [0.05, 0.1) is 53.3 Å². The third-order valence-corrected chi connectivity index (χ3v) is 7.66. The number of nitrogens with zero attached hydrogens (tertiary/aromatic N) is 3. The van der Waals surface area contributed by atoms with Crippen LogP contribution in [-0.2, 0) is 16.0 Å². The van der Waals surface area contributed by atoms with E-state index in [0.29, 0.717) is 49.4 Å². The smallest absolute Gasteiger partial charge is 0.247 e. The quantitative estimate of drug-likeness (QED) is 0.313. The van der Waals surface area contributed by atoms with Crippen molar-refractivity contribution in [2.45, 2.75) is 6.42 Å². The molecule has 1 aliphatic carbocycles. The van der Waals surface area contributed by atoms with Crippen LogP contribution in [0.25, 0.3) is 15.8 Å². The summed E-state index contributed by atoms with van der Waals surface area (Å²) in [6, 6.07) is 14.2. The van der Waals surface area contributed by atoms with Crippen molar-refractivity contribution < 1.29 is 14.3 Å². The van der Waals surface area contributed by atoms with Gasteiger partial charge < -0.3 is 25.0 Å². The SMILES string of the molecule is C=CC(=O)Nc1cc(Nc2nc(C3=CCc4ccccc43)c3sccc3n2)c(OC)cc1N1CCOCC1. The predicted molar refractivity (Wildman–Crippen MR) is 153 cm³/mol. The van der Waals surface area contributed by atoms with Crippen molar-refractivity contribution in [3.8, 4) is 5.75 Å². The number of aromatic nitrogens is 2. The van der Waals surface area contributed by atoms with Crippen molar-refractivity contribution in [3.05, 3.63) is 83.4 Å². The molecule has 1 saturated heterocycles. The summed E-state index contributed by atoms with van der Waals surface area (Å²) >= 11 is 1.64. The molecule has 3 heterocycles. The highest BCUT2D eigenvalue weighted by Gasteiger charge is 2.23. The molecule has 0 saturated carbocycles. The number of hydrogen-bond acceptors (Lipinski definition) is 8. The van der Waals surface area contributed by atoms with Gasteiger partial charge in [-0.1, -0.05) is 36.9 Å². The van der Waals surface area contributed by atoms with E-state index in [1.165, 1.54) is 17.2 Å². The average molecular weight is 526 g/mol. The van der Waals surface area contributed by atoms with Gasteiger partial charge in [-0.3, -0.25) is 4.79 Å². The Labute approximate surface area is 224 Å². The Morgan fingerprint density at radius 1 is 1.16 bits per heavy atom. The maximum absolute atomic E-state index is 12.3. The van der Waals surface area contributed by atoms with Crippen molar-refractivity contribution in [1.29, 1.82) is 0 Å². The van der Waals surface area contributed by atoms with E-state index in [0.717, 1.165) is 33.6 Å². The number of ether oxygens (including phenoxy) is 2. The van der Waals surface area contributed by atoms with Gasteiger partial charge >= 0.3 is 0 Å². The highest BCUT2D eigenvalue weighted by Crippen LogP contribution is 2.40. The lowest BCUT2D eigenvalue weighted by atomic mass is 10.0. The summed E-state index contributed by atoms with van der Waals surface area (Å²) in [5.41, 5.74) is 7.53. The maximum atomic E-state index is 12.3. The standard InChI is InChI=1S/C29H27N5O3S/c1-3-26(35)30-22-16-23(25(36-2)17-24(22)34-11-13-37-14-12-34)32-29-31-21-10-15-38-28(21)27(33-29)20-9-8-18-6-4-5-7-19(18)20/h3-7,9-10,15-17H,1,8,11-14H2,2H3,(H,30,35)(H,31,32,33). The molecule has 1 amide bonds. The van der Waals surface area contributed by atoms with Gasteiger partial charge in [-0.25, -0.2) is 9.97 Å². The number of methoxy groups -OCH3 is 1. The molecule has 1 fully saturated rings. The van der Waals surface area contributed by atoms with E-state index >= 15 is 0 Å². The molecule has 0 spiro atoms. The summed E-state index contributed by atoms with van der Waals surface area (Å²) in [4.78, 5) is 24.2. The number of anilines is 4. The third-order valence-electron chi connectivity index (χ3n) is 6.75. The van der Waals surface area contributed by atoms with Crippen LogP contribution < -0.4 is 20.3 Å². The normalized spacial score (nSPS) is 14.7. The first-order chi connectivity index (χ1) is 18.6. The van der Waals surface area contributed by atoms with E-state index in [2.05, 4.69) is 52.5 Å². The monoisotopic (exact) mass is 525 g/mol. The first kappa shape index (κ1) is 24.1.